The van der Waals surface area contributed by atoms with Gasteiger partial charge in [-0.2, -0.15) is 4.31 Å². The Labute approximate surface area is 191 Å². The van der Waals surface area contributed by atoms with Crippen molar-refractivity contribution in [2.24, 2.45) is 0 Å². The lowest BCUT2D eigenvalue weighted by Crippen LogP contribution is -2.69. The first kappa shape index (κ1) is 24.5. The average molecular weight is 466 g/mol. The van der Waals surface area contributed by atoms with Gasteiger partial charge in [-0.3, -0.25) is 9.59 Å². The smallest absolute Gasteiger partial charge is 0.247 e. The molecule has 0 radical (unpaired) electrons. The fourth-order valence-corrected chi connectivity index (χ4v) is 5.32. The lowest BCUT2D eigenvalue weighted by Gasteiger charge is -2.47. The van der Waals surface area contributed by atoms with Crippen LogP contribution in [0.2, 0.25) is 0 Å². The van der Waals surface area contributed by atoms with Gasteiger partial charge in [0, 0.05) is 19.1 Å². The van der Waals surface area contributed by atoms with Gasteiger partial charge in [-0.15, -0.1) is 0 Å². The van der Waals surface area contributed by atoms with E-state index in [9.17, 15) is 18.0 Å². The third kappa shape index (κ3) is 5.81. The van der Waals surface area contributed by atoms with Crippen LogP contribution in [0.4, 0.5) is 0 Å². The Kier molecular flexibility index (Phi) is 7.82. The van der Waals surface area contributed by atoms with Gasteiger partial charge in [0.05, 0.1) is 19.4 Å². The largest absolute Gasteiger partial charge is 0.494 e. The highest BCUT2D eigenvalue weighted by molar-refractivity contribution is 7.88. The molecule has 2 aliphatic rings. The number of carbonyl (C=O) groups is 2. The molecule has 1 aromatic rings. The van der Waals surface area contributed by atoms with Crippen LogP contribution < -0.4 is 10.1 Å². The molecule has 8 nitrogen and oxygen atoms in total. The van der Waals surface area contributed by atoms with Crippen LogP contribution in [0.5, 0.6) is 5.75 Å². The Morgan fingerprint density at radius 3 is 2.34 bits per heavy atom. The predicted molar refractivity (Wildman–Crippen MR) is 123 cm³/mol. The molecule has 32 heavy (non-hydrogen) atoms. The quantitative estimate of drug-likeness (QED) is 0.624. The van der Waals surface area contributed by atoms with E-state index in [0.29, 0.717) is 6.61 Å². The number of nitrogens with zero attached hydrogens (tertiary/aromatic N) is 2. The molecule has 2 fully saturated rings. The maximum Gasteiger partial charge on any atom is 0.247 e. The molecular formula is C23H35N3O5S. The number of nitrogens with one attached hydrogen (secondary N) is 1. The van der Waals surface area contributed by atoms with Crippen LogP contribution >= 0.6 is 0 Å². The number of sulfonamides is 1. The molecular weight excluding hydrogens is 430 g/mol. The summed E-state index contributed by atoms with van der Waals surface area (Å²) >= 11 is 0. The van der Waals surface area contributed by atoms with E-state index in [0.717, 1.165) is 60.4 Å². The summed E-state index contributed by atoms with van der Waals surface area (Å²) in [6.45, 7) is 4.03. The Morgan fingerprint density at radius 1 is 1.16 bits per heavy atom. The van der Waals surface area contributed by atoms with Crippen LogP contribution in [0.15, 0.2) is 24.3 Å². The van der Waals surface area contributed by atoms with Crippen molar-refractivity contribution in [3.05, 3.63) is 29.8 Å². The summed E-state index contributed by atoms with van der Waals surface area (Å²) in [5.41, 5.74) is -0.452. The zero-order valence-electron chi connectivity index (χ0n) is 19.3. The van der Waals surface area contributed by atoms with E-state index in [1.807, 2.05) is 31.2 Å². The Morgan fingerprint density at radius 2 is 1.78 bits per heavy atom. The summed E-state index contributed by atoms with van der Waals surface area (Å²) in [5.74, 6) is 0.0597. The van der Waals surface area contributed by atoms with Gasteiger partial charge in [-0.05, 0) is 44.4 Å². The number of amides is 2. The van der Waals surface area contributed by atoms with Gasteiger partial charge < -0.3 is 15.0 Å². The zero-order chi connectivity index (χ0) is 23.4. The fraction of sp³-hybridized carbons (Fsp3) is 0.652. The third-order valence-corrected chi connectivity index (χ3v) is 7.61. The first-order valence-electron chi connectivity index (χ1n) is 11.4. The molecule has 3 rings (SSSR count). The number of hydrogen-bond donors (Lipinski definition) is 1. The van der Waals surface area contributed by atoms with Gasteiger partial charge in [0.15, 0.2) is 0 Å². The van der Waals surface area contributed by atoms with E-state index in [1.54, 1.807) is 6.92 Å². The molecule has 1 aliphatic carbocycles. The van der Waals surface area contributed by atoms with Crippen molar-refractivity contribution >= 4 is 21.8 Å². The first-order valence-corrected chi connectivity index (χ1v) is 13.3. The Bertz CT molecular complexity index is 910. The van der Waals surface area contributed by atoms with Crippen molar-refractivity contribution in [3.63, 3.8) is 0 Å². The minimum absolute atomic E-state index is 0.0536. The number of hydrogen-bond acceptors (Lipinski definition) is 5. The second-order valence-electron chi connectivity index (χ2n) is 9.02. The molecule has 1 heterocycles. The summed E-state index contributed by atoms with van der Waals surface area (Å²) in [4.78, 5) is 28.1. The van der Waals surface area contributed by atoms with Crippen molar-refractivity contribution in [1.29, 1.82) is 0 Å². The highest BCUT2D eigenvalue weighted by Crippen LogP contribution is 2.28. The number of piperazine rings is 1. The van der Waals surface area contributed by atoms with Crippen LogP contribution in [-0.4, -0.2) is 67.0 Å². The maximum atomic E-state index is 13.5. The molecule has 0 bridgehead atoms. The first-order chi connectivity index (χ1) is 15.1. The van der Waals surface area contributed by atoms with E-state index in [4.69, 9.17) is 4.74 Å². The summed E-state index contributed by atoms with van der Waals surface area (Å²) in [7, 11) is -3.62. The van der Waals surface area contributed by atoms with Crippen molar-refractivity contribution in [3.8, 4) is 5.75 Å². The minimum atomic E-state index is -3.62. The van der Waals surface area contributed by atoms with Gasteiger partial charge in [0.25, 0.3) is 0 Å². The molecule has 178 valence electrons. The second kappa shape index (κ2) is 10.2. The molecule has 0 aromatic heterocycles. The minimum Gasteiger partial charge on any atom is -0.494 e. The van der Waals surface area contributed by atoms with Gasteiger partial charge in [-0.25, -0.2) is 8.42 Å². The topological polar surface area (TPSA) is 96.0 Å². The number of carbonyl (C=O) groups excluding carboxylic acids is 2. The van der Waals surface area contributed by atoms with Crippen LogP contribution in [0.3, 0.4) is 0 Å². The van der Waals surface area contributed by atoms with E-state index >= 15 is 0 Å². The Hall–Kier alpha value is -2.13. The van der Waals surface area contributed by atoms with Gasteiger partial charge in [0.2, 0.25) is 21.8 Å². The van der Waals surface area contributed by atoms with E-state index in [-0.39, 0.29) is 37.5 Å². The Balaban J connectivity index is 1.85. The molecule has 1 aromatic carbocycles. The van der Waals surface area contributed by atoms with Gasteiger partial charge >= 0.3 is 0 Å². The number of benzene rings is 1. The maximum absolute atomic E-state index is 13.5. The van der Waals surface area contributed by atoms with Crippen LogP contribution in [0.25, 0.3) is 0 Å². The van der Waals surface area contributed by atoms with Crippen LogP contribution in [0, 0.1) is 0 Å². The fourth-order valence-electron chi connectivity index (χ4n) is 4.49. The van der Waals surface area contributed by atoms with Crippen molar-refractivity contribution in [1.82, 2.24) is 14.5 Å². The van der Waals surface area contributed by atoms with Crippen LogP contribution in [0.1, 0.15) is 57.9 Å². The monoisotopic (exact) mass is 465 g/mol. The van der Waals surface area contributed by atoms with Crippen molar-refractivity contribution in [2.75, 3.05) is 26.0 Å². The lowest BCUT2D eigenvalue weighted by atomic mass is 9.93. The zero-order valence-corrected chi connectivity index (χ0v) is 20.1. The molecule has 1 aliphatic heterocycles. The summed E-state index contributed by atoms with van der Waals surface area (Å²) < 4.78 is 31.1. The van der Waals surface area contributed by atoms with E-state index in [1.165, 1.54) is 4.90 Å². The summed E-state index contributed by atoms with van der Waals surface area (Å²) in [5, 5.41) is 3.13. The van der Waals surface area contributed by atoms with Crippen molar-refractivity contribution in [2.45, 2.75) is 70.5 Å². The SMILES string of the molecule is CCOc1ccc(CN2C(=O)CN(S(C)(=O)=O)CC2(C)C(=O)NC2CCCCCC2)cc1. The summed E-state index contributed by atoms with van der Waals surface area (Å²) in [6.07, 6.45) is 7.33. The van der Waals surface area contributed by atoms with E-state index in [2.05, 4.69) is 5.32 Å². The molecule has 0 spiro atoms. The molecule has 1 saturated heterocycles. The molecule has 2 amide bonds. The predicted octanol–water partition coefficient (Wildman–Crippen LogP) is 2.29. The highest BCUT2D eigenvalue weighted by Gasteiger charge is 2.49. The normalized spacial score (nSPS) is 23.6. The van der Waals surface area contributed by atoms with E-state index < -0.39 is 15.6 Å². The molecule has 1 N–H and O–H groups in total. The second-order valence-corrected chi connectivity index (χ2v) is 11.0. The standard InChI is InChI=1S/C23H35N3O5S/c1-4-31-20-13-11-18(12-14-20)15-26-21(27)16-25(32(3,29)30)17-23(26,2)22(28)24-19-9-7-5-6-8-10-19/h11-14,19H,4-10,15-17H2,1-3H3,(H,24,28). The highest BCUT2D eigenvalue weighted by atomic mass is 32.2. The lowest BCUT2D eigenvalue weighted by molar-refractivity contribution is -0.154. The van der Waals surface area contributed by atoms with Gasteiger partial charge in [-0.1, -0.05) is 37.8 Å². The average Bonchev–Trinajstić information content (AvgIpc) is 3.00. The third-order valence-electron chi connectivity index (χ3n) is 6.42. The van der Waals surface area contributed by atoms with Crippen LogP contribution in [-0.2, 0) is 26.2 Å². The number of rotatable bonds is 7. The van der Waals surface area contributed by atoms with Crippen molar-refractivity contribution < 1.29 is 22.7 Å². The molecule has 9 heteroatoms. The number of ether oxygens (including phenoxy) is 1. The summed E-state index contributed by atoms with van der Waals surface area (Å²) in [6, 6.07) is 7.45. The molecule has 1 saturated carbocycles. The molecule has 1 unspecified atom stereocenters. The van der Waals surface area contributed by atoms with Gasteiger partial charge in [0.1, 0.15) is 11.3 Å². The molecule has 1 atom stereocenters.